The highest BCUT2D eigenvalue weighted by atomic mass is 19.4. The van der Waals surface area contributed by atoms with Gasteiger partial charge in [-0.3, -0.25) is 0 Å². The molecule has 0 radical (unpaired) electrons. The fourth-order valence-electron chi connectivity index (χ4n) is 3.45. The van der Waals surface area contributed by atoms with E-state index in [1.54, 1.807) is 6.07 Å². The molecule has 1 aromatic heterocycles. The number of aryl methyl sites for hydroxylation is 2. The van der Waals surface area contributed by atoms with Crippen molar-refractivity contribution < 1.29 is 13.2 Å². The van der Waals surface area contributed by atoms with Crippen LogP contribution in [-0.4, -0.2) is 34.1 Å². The lowest BCUT2D eigenvalue weighted by atomic mass is 10.1. The van der Waals surface area contributed by atoms with Crippen LogP contribution in [0.1, 0.15) is 31.4 Å². The van der Waals surface area contributed by atoms with E-state index >= 15 is 0 Å². The van der Waals surface area contributed by atoms with Crippen molar-refractivity contribution in [1.82, 2.24) is 14.5 Å². The maximum absolute atomic E-state index is 13.1. The first-order valence-electron chi connectivity index (χ1n) is 9.70. The van der Waals surface area contributed by atoms with E-state index in [4.69, 9.17) is 0 Å². The Morgan fingerprint density at radius 3 is 2.29 bits per heavy atom. The summed E-state index contributed by atoms with van der Waals surface area (Å²) in [6, 6.07) is 11.8. The zero-order chi connectivity index (χ0) is 20.3. The van der Waals surface area contributed by atoms with Gasteiger partial charge < -0.3 is 9.47 Å². The molecule has 0 saturated carbocycles. The number of aromatic nitrogens is 2. The van der Waals surface area contributed by atoms with Gasteiger partial charge in [0.2, 0.25) is 0 Å². The molecular weight excluding hydrogens is 363 g/mol. The van der Waals surface area contributed by atoms with Crippen LogP contribution in [0.5, 0.6) is 0 Å². The van der Waals surface area contributed by atoms with E-state index in [1.165, 1.54) is 0 Å². The minimum absolute atomic E-state index is 0.383. The van der Waals surface area contributed by atoms with E-state index in [0.717, 1.165) is 54.8 Å². The smallest absolute Gasteiger partial charge is 0.324 e. The van der Waals surface area contributed by atoms with Crippen LogP contribution in [0, 0.1) is 6.92 Å². The van der Waals surface area contributed by atoms with Gasteiger partial charge in [-0.1, -0.05) is 43.7 Å². The molecule has 3 rings (SSSR count). The fourth-order valence-corrected chi connectivity index (χ4v) is 3.45. The van der Waals surface area contributed by atoms with Crippen LogP contribution in [0.25, 0.3) is 22.4 Å². The first kappa shape index (κ1) is 20.4. The number of nitrogens with zero attached hydrogens (tertiary/aromatic N) is 3. The summed E-state index contributed by atoms with van der Waals surface area (Å²) in [6.07, 6.45) is -3.46. The number of halogens is 3. The van der Waals surface area contributed by atoms with Crippen molar-refractivity contribution in [3.05, 3.63) is 53.6 Å². The van der Waals surface area contributed by atoms with Crippen LogP contribution in [-0.2, 0) is 12.7 Å². The summed E-state index contributed by atoms with van der Waals surface area (Å²) in [5, 5.41) is 0. The summed E-state index contributed by atoms with van der Waals surface area (Å²) < 4.78 is 41.4. The number of rotatable bonds is 7. The lowest BCUT2D eigenvalue weighted by molar-refractivity contribution is -0.137. The van der Waals surface area contributed by atoms with Crippen molar-refractivity contribution in [2.75, 3.05) is 19.6 Å². The van der Waals surface area contributed by atoms with Gasteiger partial charge in [-0.25, -0.2) is 4.98 Å². The number of fused-ring (bicyclic) bond motifs is 1. The maximum atomic E-state index is 13.1. The normalized spacial score (nSPS) is 12.2. The van der Waals surface area contributed by atoms with Crippen molar-refractivity contribution in [3.63, 3.8) is 0 Å². The standard InChI is InChI=1S/C22H26F3N3/c1-4-27(5-2)13-6-14-28-20-12-11-18(22(23,24)25)15-19(20)26-21(28)17-9-7-16(3)8-10-17/h7-12,15H,4-6,13-14H2,1-3H3. The van der Waals surface area contributed by atoms with Crippen molar-refractivity contribution >= 4 is 11.0 Å². The third-order valence-corrected chi connectivity index (χ3v) is 5.14. The molecule has 0 aliphatic rings. The fraction of sp³-hybridized carbons (Fsp3) is 0.409. The van der Waals surface area contributed by atoms with Crippen molar-refractivity contribution in [1.29, 1.82) is 0 Å². The van der Waals surface area contributed by atoms with E-state index in [0.29, 0.717) is 17.9 Å². The number of imidazole rings is 1. The monoisotopic (exact) mass is 389 g/mol. The van der Waals surface area contributed by atoms with Gasteiger partial charge in [0.1, 0.15) is 5.82 Å². The first-order chi connectivity index (χ1) is 13.3. The number of hydrogen-bond acceptors (Lipinski definition) is 2. The van der Waals surface area contributed by atoms with Crippen LogP contribution in [0.15, 0.2) is 42.5 Å². The van der Waals surface area contributed by atoms with Gasteiger partial charge in [-0.05, 0) is 51.2 Å². The molecule has 0 spiro atoms. The van der Waals surface area contributed by atoms with Gasteiger partial charge in [-0.2, -0.15) is 13.2 Å². The lowest BCUT2D eigenvalue weighted by Crippen LogP contribution is -2.24. The van der Waals surface area contributed by atoms with E-state index in [-0.39, 0.29) is 0 Å². The molecule has 0 saturated heterocycles. The van der Waals surface area contributed by atoms with E-state index in [2.05, 4.69) is 23.7 Å². The molecule has 28 heavy (non-hydrogen) atoms. The Bertz CT molecular complexity index is 923. The zero-order valence-corrected chi connectivity index (χ0v) is 16.6. The molecule has 0 bridgehead atoms. The highest BCUT2D eigenvalue weighted by Gasteiger charge is 2.31. The topological polar surface area (TPSA) is 21.1 Å². The van der Waals surface area contributed by atoms with Crippen LogP contribution in [0.2, 0.25) is 0 Å². The summed E-state index contributed by atoms with van der Waals surface area (Å²) in [4.78, 5) is 6.91. The Labute approximate surface area is 163 Å². The molecule has 3 aromatic rings. The highest BCUT2D eigenvalue weighted by molar-refractivity contribution is 5.81. The molecule has 2 aromatic carbocycles. The second kappa shape index (κ2) is 8.35. The van der Waals surface area contributed by atoms with Gasteiger partial charge in [0.25, 0.3) is 0 Å². The molecule has 0 atom stereocenters. The van der Waals surface area contributed by atoms with Gasteiger partial charge >= 0.3 is 6.18 Å². The predicted molar refractivity (Wildman–Crippen MR) is 107 cm³/mol. The molecule has 0 amide bonds. The quantitative estimate of drug-likeness (QED) is 0.512. The zero-order valence-electron chi connectivity index (χ0n) is 16.6. The first-order valence-corrected chi connectivity index (χ1v) is 9.70. The second-order valence-electron chi connectivity index (χ2n) is 7.03. The Morgan fingerprint density at radius 1 is 1.00 bits per heavy atom. The summed E-state index contributed by atoms with van der Waals surface area (Å²) in [6.45, 7) is 9.90. The van der Waals surface area contributed by atoms with Gasteiger partial charge in [-0.15, -0.1) is 0 Å². The Kier molecular flexibility index (Phi) is 6.08. The average Bonchev–Trinajstić information content (AvgIpc) is 3.03. The molecule has 0 N–H and O–H groups in total. The Morgan fingerprint density at radius 2 is 1.68 bits per heavy atom. The Balaban J connectivity index is 2.01. The molecule has 0 fully saturated rings. The van der Waals surface area contributed by atoms with Crippen LogP contribution >= 0.6 is 0 Å². The van der Waals surface area contributed by atoms with E-state index in [1.807, 2.05) is 35.8 Å². The summed E-state index contributed by atoms with van der Waals surface area (Å²) in [5.74, 6) is 0.717. The predicted octanol–water partition coefficient (Wildman–Crippen LogP) is 5.76. The Hall–Kier alpha value is -2.34. The molecule has 0 aliphatic heterocycles. The molecule has 1 heterocycles. The SMILES string of the molecule is CCN(CC)CCCn1c(-c2ccc(C)cc2)nc2cc(C(F)(F)F)ccc21. The summed E-state index contributed by atoms with van der Waals surface area (Å²) >= 11 is 0. The summed E-state index contributed by atoms with van der Waals surface area (Å²) in [5.41, 5.74) is 2.50. The molecule has 6 heteroatoms. The van der Waals surface area contributed by atoms with Crippen LogP contribution in [0.4, 0.5) is 13.2 Å². The van der Waals surface area contributed by atoms with E-state index in [9.17, 15) is 13.2 Å². The largest absolute Gasteiger partial charge is 0.416 e. The molecule has 3 nitrogen and oxygen atoms in total. The van der Waals surface area contributed by atoms with Crippen molar-refractivity contribution in [2.24, 2.45) is 0 Å². The second-order valence-corrected chi connectivity index (χ2v) is 7.03. The lowest BCUT2D eigenvalue weighted by Gasteiger charge is -2.18. The van der Waals surface area contributed by atoms with Crippen molar-refractivity contribution in [3.8, 4) is 11.4 Å². The minimum Gasteiger partial charge on any atom is -0.324 e. The van der Waals surface area contributed by atoms with Gasteiger partial charge in [0.05, 0.1) is 16.6 Å². The number of hydrogen-bond donors (Lipinski definition) is 0. The average molecular weight is 389 g/mol. The molecule has 0 aliphatic carbocycles. The van der Waals surface area contributed by atoms with Gasteiger partial charge in [0.15, 0.2) is 0 Å². The molecule has 0 unspecified atom stereocenters. The molecule has 150 valence electrons. The minimum atomic E-state index is -4.37. The highest BCUT2D eigenvalue weighted by Crippen LogP contribution is 2.33. The van der Waals surface area contributed by atoms with Gasteiger partial charge in [0, 0.05) is 12.1 Å². The van der Waals surface area contributed by atoms with E-state index < -0.39 is 11.7 Å². The van der Waals surface area contributed by atoms with Crippen molar-refractivity contribution in [2.45, 2.75) is 39.9 Å². The summed E-state index contributed by atoms with van der Waals surface area (Å²) in [7, 11) is 0. The third-order valence-electron chi connectivity index (χ3n) is 5.14. The third kappa shape index (κ3) is 4.38. The van der Waals surface area contributed by atoms with Crippen LogP contribution < -0.4 is 0 Å². The number of benzene rings is 2. The van der Waals surface area contributed by atoms with Crippen LogP contribution in [0.3, 0.4) is 0 Å². The molecular formula is C22H26F3N3. The number of alkyl halides is 3. The maximum Gasteiger partial charge on any atom is 0.416 e.